The Kier molecular flexibility index (Phi) is 4.98. The predicted octanol–water partition coefficient (Wildman–Crippen LogP) is 5.71. The van der Waals surface area contributed by atoms with Crippen molar-refractivity contribution >= 4 is 39.9 Å². The zero-order valence-corrected chi connectivity index (χ0v) is 13.4. The molecular weight excluding hydrogens is 421 g/mol. The molecular formula is C14H9ClF4IN. The molecule has 0 aliphatic heterocycles. The monoisotopic (exact) mass is 429 g/mol. The molecule has 21 heavy (non-hydrogen) atoms. The van der Waals surface area contributed by atoms with Gasteiger partial charge in [0.2, 0.25) is 0 Å². The number of benzene rings is 2. The zero-order valence-electron chi connectivity index (χ0n) is 10.4. The van der Waals surface area contributed by atoms with E-state index in [0.717, 1.165) is 15.7 Å². The minimum atomic E-state index is -4.60. The van der Waals surface area contributed by atoms with Crippen molar-refractivity contribution in [2.75, 3.05) is 5.32 Å². The van der Waals surface area contributed by atoms with Crippen LogP contribution in [0.3, 0.4) is 0 Å². The average Bonchev–Trinajstić information content (AvgIpc) is 2.38. The van der Waals surface area contributed by atoms with Crippen molar-refractivity contribution in [2.45, 2.75) is 12.7 Å². The van der Waals surface area contributed by atoms with Crippen LogP contribution in [0.25, 0.3) is 0 Å². The molecule has 0 radical (unpaired) electrons. The number of anilines is 1. The van der Waals surface area contributed by atoms with Gasteiger partial charge in [0.15, 0.2) is 0 Å². The highest BCUT2D eigenvalue weighted by molar-refractivity contribution is 14.1. The van der Waals surface area contributed by atoms with Gasteiger partial charge >= 0.3 is 6.18 Å². The van der Waals surface area contributed by atoms with E-state index >= 15 is 0 Å². The molecule has 0 saturated heterocycles. The standard InChI is InChI=1S/C14H9ClF4IN/c15-12-6-10(20)3-4-13(12)21-7-8-1-2-9(16)5-11(8)14(17,18)19/h1-6,21H,7H2. The Hall–Kier alpha value is -1.02. The maximum atomic E-state index is 13.0. The lowest BCUT2D eigenvalue weighted by Crippen LogP contribution is -2.12. The second-order valence-electron chi connectivity index (χ2n) is 4.28. The fourth-order valence-electron chi connectivity index (χ4n) is 1.79. The van der Waals surface area contributed by atoms with Crippen molar-refractivity contribution in [1.29, 1.82) is 0 Å². The van der Waals surface area contributed by atoms with Crippen molar-refractivity contribution < 1.29 is 17.6 Å². The van der Waals surface area contributed by atoms with Gasteiger partial charge in [-0.05, 0) is 58.5 Å². The van der Waals surface area contributed by atoms with E-state index in [1.807, 2.05) is 0 Å². The fourth-order valence-corrected chi connectivity index (χ4v) is 2.71. The molecule has 0 aromatic heterocycles. The number of alkyl halides is 3. The second kappa shape index (κ2) is 6.39. The van der Waals surface area contributed by atoms with Crippen molar-refractivity contribution in [3.05, 3.63) is 61.9 Å². The summed E-state index contributed by atoms with van der Waals surface area (Å²) in [5, 5.41) is 3.25. The topological polar surface area (TPSA) is 12.0 Å². The quantitative estimate of drug-likeness (QED) is 0.486. The summed E-state index contributed by atoms with van der Waals surface area (Å²) < 4.78 is 52.5. The third kappa shape index (κ3) is 4.23. The number of hydrogen-bond donors (Lipinski definition) is 1. The van der Waals surface area contributed by atoms with Crippen LogP contribution >= 0.6 is 34.2 Å². The molecule has 1 N–H and O–H groups in total. The third-order valence-electron chi connectivity index (χ3n) is 2.78. The van der Waals surface area contributed by atoms with Crippen LogP contribution in [0.1, 0.15) is 11.1 Å². The van der Waals surface area contributed by atoms with E-state index in [9.17, 15) is 17.6 Å². The molecule has 1 nitrogen and oxygen atoms in total. The lowest BCUT2D eigenvalue weighted by Gasteiger charge is -2.15. The van der Waals surface area contributed by atoms with Crippen molar-refractivity contribution in [1.82, 2.24) is 0 Å². The summed E-state index contributed by atoms with van der Waals surface area (Å²) in [5.74, 6) is -0.918. The van der Waals surface area contributed by atoms with E-state index in [4.69, 9.17) is 11.6 Å². The number of rotatable bonds is 3. The van der Waals surface area contributed by atoms with Gasteiger partial charge in [0.05, 0.1) is 16.3 Å². The first-order chi connectivity index (χ1) is 9.77. The van der Waals surface area contributed by atoms with Crippen molar-refractivity contribution in [3.8, 4) is 0 Å². The van der Waals surface area contributed by atoms with E-state index in [2.05, 4.69) is 27.9 Å². The summed E-state index contributed by atoms with van der Waals surface area (Å²) in [5.41, 5.74) is -0.510. The molecule has 0 atom stereocenters. The van der Waals surface area contributed by atoms with E-state index in [1.165, 1.54) is 0 Å². The molecule has 0 aliphatic carbocycles. The molecule has 0 spiro atoms. The highest BCUT2D eigenvalue weighted by atomic mass is 127. The van der Waals surface area contributed by atoms with Gasteiger partial charge in [-0.3, -0.25) is 0 Å². The first-order valence-electron chi connectivity index (χ1n) is 5.82. The van der Waals surface area contributed by atoms with Gasteiger partial charge in [-0.1, -0.05) is 17.7 Å². The van der Waals surface area contributed by atoms with Gasteiger partial charge in [-0.25, -0.2) is 4.39 Å². The Labute approximate surface area is 137 Å². The Bertz CT molecular complexity index is 658. The van der Waals surface area contributed by atoms with Crippen LogP contribution in [-0.2, 0) is 12.7 Å². The molecule has 0 saturated carbocycles. The summed E-state index contributed by atoms with van der Waals surface area (Å²) in [4.78, 5) is 0. The number of hydrogen-bond acceptors (Lipinski definition) is 1. The average molecular weight is 430 g/mol. The summed E-state index contributed by atoms with van der Waals surface area (Å²) >= 11 is 8.08. The molecule has 0 fully saturated rings. The van der Waals surface area contributed by atoms with Gasteiger partial charge in [-0.15, -0.1) is 0 Å². The zero-order chi connectivity index (χ0) is 15.6. The Morgan fingerprint density at radius 3 is 2.43 bits per heavy atom. The van der Waals surface area contributed by atoms with E-state index in [-0.39, 0.29) is 12.1 Å². The SMILES string of the molecule is Fc1ccc(CNc2ccc(I)cc2Cl)c(C(F)(F)F)c1. The summed E-state index contributed by atoms with van der Waals surface area (Å²) in [6.07, 6.45) is -4.60. The molecule has 0 amide bonds. The van der Waals surface area contributed by atoms with Gasteiger partial charge in [0.1, 0.15) is 5.82 Å². The van der Waals surface area contributed by atoms with Gasteiger partial charge in [-0.2, -0.15) is 13.2 Å². The van der Waals surface area contributed by atoms with Crippen LogP contribution in [0.5, 0.6) is 0 Å². The van der Waals surface area contributed by atoms with Crippen LogP contribution < -0.4 is 5.32 Å². The Balaban J connectivity index is 2.24. The van der Waals surface area contributed by atoms with Gasteiger partial charge in [0, 0.05) is 10.1 Å². The van der Waals surface area contributed by atoms with Crippen LogP contribution in [0.4, 0.5) is 23.2 Å². The molecule has 112 valence electrons. The fraction of sp³-hybridized carbons (Fsp3) is 0.143. The van der Waals surface area contributed by atoms with Crippen LogP contribution in [0, 0.1) is 9.39 Å². The highest BCUT2D eigenvalue weighted by Gasteiger charge is 2.33. The molecule has 0 bridgehead atoms. The van der Waals surface area contributed by atoms with Gasteiger partial charge in [0.25, 0.3) is 0 Å². The van der Waals surface area contributed by atoms with E-state index in [0.29, 0.717) is 16.8 Å². The maximum Gasteiger partial charge on any atom is 0.416 e. The molecule has 0 heterocycles. The second-order valence-corrected chi connectivity index (χ2v) is 5.93. The Morgan fingerprint density at radius 2 is 1.81 bits per heavy atom. The van der Waals surface area contributed by atoms with Crippen molar-refractivity contribution in [3.63, 3.8) is 0 Å². The smallest absolute Gasteiger partial charge is 0.380 e. The van der Waals surface area contributed by atoms with Gasteiger partial charge < -0.3 is 5.32 Å². The molecule has 2 rings (SSSR count). The third-order valence-corrected chi connectivity index (χ3v) is 3.76. The maximum absolute atomic E-state index is 13.0. The van der Waals surface area contributed by atoms with E-state index < -0.39 is 17.6 Å². The minimum absolute atomic E-state index is 0.0430. The summed E-state index contributed by atoms with van der Waals surface area (Å²) in [6, 6.07) is 7.77. The molecule has 0 unspecified atom stereocenters. The summed E-state index contributed by atoms with van der Waals surface area (Å²) in [7, 11) is 0. The molecule has 2 aromatic rings. The van der Waals surface area contributed by atoms with Crippen LogP contribution in [0.2, 0.25) is 5.02 Å². The molecule has 0 aliphatic rings. The Morgan fingerprint density at radius 1 is 1.10 bits per heavy atom. The minimum Gasteiger partial charge on any atom is -0.380 e. The molecule has 7 heteroatoms. The van der Waals surface area contributed by atoms with E-state index in [1.54, 1.807) is 18.2 Å². The first kappa shape index (κ1) is 16.4. The lowest BCUT2D eigenvalue weighted by molar-refractivity contribution is -0.138. The molecule has 2 aromatic carbocycles. The van der Waals surface area contributed by atoms with Crippen LogP contribution in [0.15, 0.2) is 36.4 Å². The van der Waals surface area contributed by atoms with Crippen LogP contribution in [-0.4, -0.2) is 0 Å². The highest BCUT2D eigenvalue weighted by Crippen LogP contribution is 2.33. The largest absolute Gasteiger partial charge is 0.416 e. The summed E-state index contributed by atoms with van der Waals surface area (Å²) in [6.45, 7) is -0.102. The normalized spacial score (nSPS) is 11.5. The first-order valence-corrected chi connectivity index (χ1v) is 7.27. The predicted molar refractivity (Wildman–Crippen MR) is 82.9 cm³/mol. The number of halogens is 6. The lowest BCUT2D eigenvalue weighted by atomic mass is 10.1. The van der Waals surface area contributed by atoms with Crippen molar-refractivity contribution in [2.24, 2.45) is 0 Å². The number of nitrogens with one attached hydrogen (secondary N) is 1.